The van der Waals surface area contributed by atoms with Gasteiger partial charge in [-0.1, -0.05) is 84.3 Å². The summed E-state index contributed by atoms with van der Waals surface area (Å²) in [5.41, 5.74) is -0.0752. The molecule has 8 heteroatoms. The van der Waals surface area contributed by atoms with Crippen molar-refractivity contribution in [3.63, 3.8) is 0 Å². The Hall–Kier alpha value is -2.77. The SMILES string of the molecule is CCCCCCCN(C(=O)C(NC(=O)OC(C)(C)C)C(C)CC)C(C(=O)NC1CCCCC1)c1ccc(O)cc1. The first-order chi connectivity index (χ1) is 19.0. The maximum absolute atomic E-state index is 14.4. The topological polar surface area (TPSA) is 108 Å². The number of rotatable bonds is 14. The summed E-state index contributed by atoms with van der Waals surface area (Å²) in [6.07, 6.45) is 10.2. The minimum Gasteiger partial charge on any atom is -0.508 e. The zero-order valence-corrected chi connectivity index (χ0v) is 25.6. The number of ether oxygens (including phenoxy) is 1. The number of alkyl carbamates (subject to hydrolysis) is 1. The number of aromatic hydroxyl groups is 1. The van der Waals surface area contributed by atoms with E-state index >= 15 is 0 Å². The van der Waals surface area contributed by atoms with Crippen LogP contribution in [0.15, 0.2) is 24.3 Å². The maximum atomic E-state index is 14.4. The molecule has 0 spiro atoms. The molecular weight excluding hydrogens is 506 g/mol. The number of hydrogen-bond donors (Lipinski definition) is 3. The number of unbranched alkanes of at least 4 members (excludes halogenated alkanes) is 4. The van der Waals surface area contributed by atoms with Gasteiger partial charge in [-0.3, -0.25) is 9.59 Å². The summed E-state index contributed by atoms with van der Waals surface area (Å²) in [5, 5.41) is 16.0. The van der Waals surface area contributed by atoms with Crippen LogP contribution in [-0.2, 0) is 14.3 Å². The predicted octanol–water partition coefficient (Wildman–Crippen LogP) is 6.62. The molecule has 0 bridgehead atoms. The molecular formula is C32H53N3O5. The second kappa shape index (κ2) is 16.5. The van der Waals surface area contributed by atoms with Crippen LogP contribution in [-0.4, -0.2) is 52.1 Å². The largest absolute Gasteiger partial charge is 0.508 e. The van der Waals surface area contributed by atoms with Gasteiger partial charge in [0.1, 0.15) is 23.4 Å². The third kappa shape index (κ3) is 11.0. The highest BCUT2D eigenvalue weighted by molar-refractivity contribution is 5.92. The lowest BCUT2D eigenvalue weighted by molar-refractivity contribution is -0.144. The van der Waals surface area contributed by atoms with E-state index in [0.717, 1.165) is 57.8 Å². The molecule has 0 saturated heterocycles. The van der Waals surface area contributed by atoms with Crippen molar-refractivity contribution in [2.24, 2.45) is 5.92 Å². The van der Waals surface area contributed by atoms with Crippen LogP contribution in [0.3, 0.4) is 0 Å². The minimum atomic E-state index is -0.881. The average Bonchev–Trinajstić information content (AvgIpc) is 2.90. The molecule has 3 unspecified atom stereocenters. The highest BCUT2D eigenvalue weighted by atomic mass is 16.6. The van der Waals surface area contributed by atoms with E-state index in [4.69, 9.17) is 4.74 Å². The van der Waals surface area contributed by atoms with Gasteiger partial charge in [-0.15, -0.1) is 0 Å². The molecule has 0 aromatic heterocycles. The summed E-state index contributed by atoms with van der Waals surface area (Å²) < 4.78 is 5.50. The van der Waals surface area contributed by atoms with Gasteiger partial charge in [-0.2, -0.15) is 0 Å². The fraction of sp³-hybridized carbons (Fsp3) is 0.719. The van der Waals surface area contributed by atoms with Gasteiger partial charge in [0.15, 0.2) is 0 Å². The number of phenolic OH excluding ortho intramolecular Hbond substituents is 1. The normalized spacial score (nSPS) is 16.4. The molecule has 1 fully saturated rings. The van der Waals surface area contributed by atoms with Crippen LogP contribution in [0.5, 0.6) is 5.75 Å². The number of carbonyl (C=O) groups excluding carboxylic acids is 3. The summed E-state index contributed by atoms with van der Waals surface area (Å²) in [4.78, 5) is 42.8. The van der Waals surface area contributed by atoms with Crippen LogP contribution >= 0.6 is 0 Å². The molecule has 0 radical (unpaired) electrons. The second-order valence-corrected chi connectivity index (χ2v) is 12.3. The van der Waals surface area contributed by atoms with Crippen molar-refractivity contribution in [2.75, 3.05) is 6.54 Å². The number of phenols is 1. The van der Waals surface area contributed by atoms with Gasteiger partial charge in [0.25, 0.3) is 0 Å². The summed E-state index contributed by atoms with van der Waals surface area (Å²) in [7, 11) is 0. The van der Waals surface area contributed by atoms with E-state index in [-0.39, 0.29) is 29.5 Å². The van der Waals surface area contributed by atoms with Crippen LogP contribution in [0.25, 0.3) is 0 Å². The molecule has 3 atom stereocenters. The Morgan fingerprint density at radius 3 is 2.20 bits per heavy atom. The highest BCUT2D eigenvalue weighted by Gasteiger charge is 2.38. The number of hydrogen-bond acceptors (Lipinski definition) is 5. The fourth-order valence-electron chi connectivity index (χ4n) is 5.21. The van der Waals surface area contributed by atoms with E-state index < -0.39 is 23.8 Å². The molecule has 226 valence electrons. The minimum absolute atomic E-state index is 0.0765. The van der Waals surface area contributed by atoms with Gasteiger partial charge in [-0.25, -0.2) is 4.79 Å². The van der Waals surface area contributed by atoms with Crippen molar-refractivity contribution in [2.45, 2.75) is 136 Å². The van der Waals surface area contributed by atoms with Crippen molar-refractivity contribution in [1.29, 1.82) is 0 Å². The van der Waals surface area contributed by atoms with Crippen LogP contribution in [0.2, 0.25) is 0 Å². The Morgan fingerprint density at radius 2 is 1.62 bits per heavy atom. The Labute approximate surface area is 241 Å². The maximum Gasteiger partial charge on any atom is 0.408 e. The van der Waals surface area contributed by atoms with E-state index in [1.54, 1.807) is 49.9 Å². The number of nitrogens with zero attached hydrogens (tertiary/aromatic N) is 1. The predicted molar refractivity (Wildman–Crippen MR) is 159 cm³/mol. The lowest BCUT2D eigenvalue weighted by Gasteiger charge is -2.37. The Morgan fingerprint density at radius 1 is 1.00 bits per heavy atom. The number of nitrogens with one attached hydrogen (secondary N) is 2. The summed E-state index contributed by atoms with van der Waals surface area (Å²) in [5.74, 6) is -0.603. The molecule has 1 aromatic carbocycles. The summed E-state index contributed by atoms with van der Waals surface area (Å²) >= 11 is 0. The Kier molecular flexibility index (Phi) is 13.8. The van der Waals surface area contributed by atoms with Crippen LogP contribution in [0.4, 0.5) is 4.79 Å². The van der Waals surface area contributed by atoms with Crippen LogP contribution < -0.4 is 10.6 Å². The molecule has 0 aliphatic heterocycles. The van der Waals surface area contributed by atoms with Gasteiger partial charge in [0, 0.05) is 12.6 Å². The van der Waals surface area contributed by atoms with Gasteiger partial charge in [0.2, 0.25) is 11.8 Å². The van der Waals surface area contributed by atoms with E-state index in [1.165, 1.54) is 6.42 Å². The molecule has 1 aliphatic rings. The molecule has 8 nitrogen and oxygen atoms in total. The third-order valence-corrected chi connectivity index (χ3v) is 7.66. The Balaban J connectivity index is 2.46. The highest BCUT2D eigenvalue weighted by Crippen LogP contribution is 2.28. The fourth-order valence-corrected chi connectivity index (χ4v) is 5.21. The quantitative estimate of drug-likeness (QED) is 0.222. The number of amides is 3. The van der Waals surface area contributed by atoms with Crippen LogP contribution in [0.1, 0.15) is 124 Å². The lowest BCUT2D eigenvalue weighted by Crippen LogP contribution is -2.56. The van der Waals surface area contributed by atoms with Crippen molar-refractivity contribution in [1.82, 2.24) is 15.5 Å². The molecule has 3 N–H and O–H groups in total. The van der Waals surface area contributed by atoms with Gasteiger partial charge >= 0.3 is 6.09 Å². The number of carbonyl (C=O) groups is 3. The molecule has 0 heterocycles. The molecule has 40 heavy (non-hydrogen) atoms. The molecule has 2 rings (SSSR count). The first-order valence-corrected chi connectivity index (χ1v) is 15.4. The van der Waals surface area contributed by atoms with Crippen LogP contribution in [0, 0.1) is 5.92 Å². The lowest BCUT2D eigenvalue weighted by atomic mass is 9.93. The van der Waals surface area contributed by atoms with E-state index in [1.807, 2.05) is 13.8 Å². The van der Waals surface area contributed by atoms with Gasteiger partial charge in [0.05, 0.1) is 0 Å². The standard InChI is InChI=1S/C32H53N3O5/c1-7-9-10-11-15-22-35(30(38)27(23(3)8-2)34-31(39)40-32(4,5)6)28(24-18-20-26(36)21-19-24)29(37)33-25-16-13-12-14-17-25/h18-21,23,25,27-28,36H,7-17,22H2,1-6H3,(H,33,37)(H,34,39). The zero-order valence-electron chi connectivity index (χ0n) is 25.6. The van der Waals surface area contributed by atoms with Gasteiger partial charge < -0.3 is 25.4 Å². The summed E-state index contributed by atoms with van der Waals surface area (Å²) in [6.45, 7) is 11.8. The van der Waals surface area contributed by atoms with Crippen molar-refractivity contribution >= 4 is 17.9 Å². The smallest absolute Gasteiger partial charge is 0.408 e. The monoisotopic (exact) mass is 559 g/mol. The third-order valence-electron chi connectivity index (χ3n) is 7.66. The molecule has 1 aliphatic carbocycles. The molecule has 3 amide bonds. The van der Waals surface area contributed by atoms with Crippen molar-refractivity contribution < 1.29 is 24.2 Å². The van der Waals surface area contributed by atoms with E-state index in [9.17, 15) is 19.5 Å². The first-order valence-electron chi connectivity index (χ1n) is 15.4. The summed E-state index contributed by atoms with van der Waals surface area (Å²) in [6, 6.07) is 4.85. The van der Waals surface area contributed by atoms with E-state index in [2.05, 4.69) is 17.6 Å². The van der Waals surface area contributed by atoms with Crippen molar-refractivity contribution in [3.05, 3.63) is 29.8 Å². The Bertz CT molecular complexity index is 921. The van der Waals surface area contributed by atoms with Crippen molar-refractivity contribution in [3.8, 4) is 5.75 Å². The van der Waals surface area contributed by atoms with E-state index in [0.29, 0.717) is 18.5 Å². The zero-order chi connectivity index (χ0) is 29.7. The average molecular weight is 560 g/mol. The first kappa shape index (κ1) is 33.4. The number of benzene rings is 1. The molecule has 1 aromatic rings. The second-order valence-electron chi connectivity index (χ2n) is 12.3. The molecule has 1 saturated carbocycles. The van der Waals surface area contributed by atoms with Gasteiger partial charge in [-0.05, 0) is 63.6 Å².